The highest BCUT2D eigenvalue weighted by atomic mass is 31.2. The fourth-order valence-corrected chi connectivity index (χ4v) is 6.43. The molecule has 0 spiro atoms. The van der Waals surface area contributed by atoms with Crippen LogP contribution in [0.1, 0.15) is 69.6 Å². The van der Waals surface area contributed by atoms with Crippen LogP contribution in [0.4, 0.5) is 23.7 Å². The van der Waals surface area contributed by atoms with E-state index in [2.05, 4.69) is 51.9 Å². The molecule has 0 bridgehead atoms. The Morgan fingerprint density at radius 1 is 0.755 bits per heavy atom. The van der Waals surface area contributed by atoms with E-state index < -0.39 is 31.6 Å². The van der Waals surface area contributed by atoms with Crippen LogP contribution in [0.15, 0.2) is 108 Å². The molecule has 11 nitrogen and oxygen atoms in total. The molecule has 0 aliphatic carbocycles. The molecule has 1 unspecified atom stereocenters. The van der Waals surface area contributed by atoms with Crippen LogP contribution in [-0.2, 0) is 31.5 Å². The number of carbonyl (C=O) groups excluding carboxylic acids is 1. The molecule has 0 aliphatic rings. The van der Waals surface area contributed by atoms with E-state index in [4.69, 9.17) is 35.2 Å². The average Bonchev–Trinajstić information content (AvgIpc) is 3.06. The number of carboxylic acid groups (broad SMARTS) is 1. The number of benzene rings is 4. The summed E-state index contributed by atoms with van der Waals surface area (Å²) in [7, 11) is -4.30. The van der Waals surface area contributed by atoms with E-state index in [1.807, 2.05) is 54.6 Å². The molecular formula is C38H44F3N4O7P. The van der Waals surface area contributed by atoms with Gasteiger partial charge in [0.05, 0.1) is 5.69 Å². The number of halogens is 3. The van der Waals surface area contributed by atoms with Gasteiger partial charge in [0, 0.05) is 0 Å². The summed E-state index contributed by atoms with van der Waals surface area (Å²) in [5, 5.41) is 9.88. The number of alkyl carbamates (subject to hydrolysis) is 1. The van der Waals surface area contributed by atoms with Crippen molar-refractivity contribution < 1.29 is 46.2 Å². The van der Waals surface area contributed by atoms with Gasteiger partial charge in [-0.15, -0.1) is 0 Å². The van der Waals surface area contributed by atoms with Crippen molar-refractivity contribution in [3.05, 3.63) is 125 Å². The summed E-state index contributed by atoms with van der Waals surface area (Å²) >= 11 is 0. The van der Waals surface area contributed by atoms with Crippen LogP contribution in [-0.4, -0.2) is 29.3 Å². The quantitative estimate of drug-likeness (QED) is 0.0699. The van der Waals surface area contributed by atoms with E-state index in [0.717, 1.165) is 16.7 Å². The number of guanidine groups is 1. The van der Waals surface area contributed by atoms with Crippen LogP contribution < -0.4 is 25.8 Å². The molecule has 0 radical (unpaired) electrons. The van der Waals surface area contributed by atoms with Gasteiger partial charge in [0.15, 0.2) is 11.7 Å². The number of aliphatic carboxylic acids is 1. The van der Waals surface area contributed by atoms with E-state index >= 15 is 4.57 Å². The standard InChI is InChI=1S/C36H43N4O5P.C2HF3O2/c1-35(2,3)27-14-20-30(21-15-27)44-46(42,45-31-22-16-28(17-23-31)36(4,5)6)32(26-12-18-29(19-13-26)39-33(37)38)40-34(41)43-24-25-10-8-7-9-11-25;3-2(4,5)1(6)7/h7-23,32H,24H2,1-6H3,(H,40,41)(H4,37,38,39);(H,6,7). The van der Waals surface area contributed by atoms with E-state index in [1.165, 1.54) is 0 Å². The van der Waals surface area contributed by atoms with Crippen LogP contribution in [0.2, 0.25) is 0 Å². The minimum absolute atomic E-state index is 0.0113. The highest BCUT2D eigenvalue weighted by Crippen LogP contribution is 2.59. The second kappa shape index (κ2) is 17.4. The Labute approximate surface area is 306 Å². The molecular weight excluding hydrogens is 712 g/mol. The van der Waals surface area contributed by atoms with E-state index in [0.29, 0.717) is 22.7 Å². The number of nitrogens with two attached hydrogens (primary N) is 2. The molecule has 1 amide bonds. The topological polar surface area (TPSA) is 176 Å². The van der Waals surface area contributed by atoms with Gasteiger partial charge in [0.1, 0.15) is 18.1 Å². The number of hydrogen-bond donors (Lipinski definition) is 4. The fourth-order valence-electron chi connectivity index (χ4n) is 4.55. The molecule has 0 aromatic heterocycles. The maximum Gasteiger partial charge on any atom is 0.490 e. The van der Waals surface area contributed by atoms with Gasteiger partial charge in [-0.2, -0.15) is 13.2 Å². The van der Waals surface area contributed by atoms with Gasteiger partial charge in [-0.25, -0.2) is 19.1 Å². The normalized spacial score (nSPS) is 12.3. The molecule has 4 aromatic carbocycles. The van der Waals surface area contributed by atoms with Crippen LogP contribution in [0.3, 0.4) is 0 Å². The number of aliphatic imine (C=N–C) groups is 1. The molecule has 0 fully saturated rings. The minimum atomic E-state index is -5.08. The number of rotatable bonds is 10. The van der Waals surface area contributed by atoms with Crippen molar-refractivity contribution >= 4 is 31.3 Å². The Kier molecular flexibility index (Phi) is 13.7. The predicted molar refractivity (Wildman–Crippen MR) is 197 cm³/mol. The Morgan fingerprint density at radius 2 is 1.19 bits per heavy atom. The second-order valence-electron chi connectivity index (χ2n) is 13.8. The maximum atomic E-state index is 15.1. The Balaban J connectivity index is 0.000000980. The van der Waals surface area contributed by atoms with Crippen molar-refractivity contribution in [3.63, 3.8) is 0 Å². The first-order valence-corrected chi connectivity index (χ1v) is 17.8. The zero-order valence-electron chi connectivity index (χ0n) is 30.2. The molecule has 4 rings (SSSR count). The van der Waals surface area contributed by atoms with E-state index in [1.54, 1.807) is 48.5 Å². The minimum Gasteiger partial charge on any atom is -0.475 e. The first-order valence-electron chi connectivity index (χ1n) is 16.2. The molecule has 6 N–H and O–H groups in total. The largest absolute Gasteiger partial charge is 0.490 e. The lowest BCUT2D eigenvalue weighted by molar-refractivity contribution is -0.192. The summed E-state index contributed by atoms with van der Waals surface area (Å²) in [6.07, 6.45) is -5.89. The number of nitrogens with one attached hydrogen (secondary N) is 1. The Morgan fingerprint density at radius 3 is 1.57 bits per heavy atom. The summed E-state index contributed by atoms with van der Waals surface area (Å²) in [6, 6.07) is 30.5. The van der Waals surface area contributed by atoms with Gasteiger partial charge >= 0.3 is 25.8 Å². The van der Waals surface area contributed by atoms with Crippen molar-refractivity contribution in [2.24, 2.45) is 16.5 Å². The molecule has 0 saturated carbocycles. The second-order valence-corrected chi connectivity index (χ2v) is 15.8. The summed E-state index contributed by atoms with van der Waals surface area (Å²) in [6.45, 7) is 12.6. The SMILES string of the molecule is CC(C)(C)c1ccc(OP(=O)(Oc2ccc(C(C)(C)C)cc2)C(NC(=O)OCc2ccccc2)c2ccc(N=C(N)N)cc2)cc1.O=C(O)C(F)(F)F. The number of carbonyl (C=O) groups is 2. The molecule has 15 heteroatoms. The van der Waals surface area contributed by atoms with Crippen LogP contribution in [0.5, 0.6) is 11.5 Å². The molecule has 0 heterocycles. The monoisotopic (exact) mass is 756 g/mol. The third-order valence-electron chi connectivity index (χ3n) is 7.40. The first kappa shape index (κ1) is 41.9. The molecule has 1 atom stereocenters. The molecule has 53 heavy (non-hydrogen) atoms. The number of amides is 1. The lowest BCUT2D eigenvalue weighted by Gasteiger charge is -2.29. The highest BCUT2D eigenvalue weighted by molar-refractivity contribution is 7.55. The van der Waals surface area contributed by atoms with Gasteiger partial charge in [-0.05, 0) is 69.5 Å². The zero-order chi connectivity index (χ0) is 39.6. The number of ether oxygens (including phenoxy) is 1. The average molecular weight is 757 g/mol. The maximum absolute atomic E-state index is 15.1. The predicted octanol–water partition coefficient (Wildman–Crippen LogP) is 9.10. The van der Waals surface area contributed by atoms with Crippen molar-refractivity contribution in [1.82, 2.24) is 5.32 Å². The molecule has 0 aliphatic heterocycles. The lowest BCUT2D eigenvalue weighted by Crippen LogP contribution is -2.31. The van der Waals surface area contributed by atoms with Crippen molar-refractivity contribution in [3.8, 4) is 11.5 Å². The van der Waals surface area contributed by atoms with Crippen LogP contribution in [0, 0.1) is 0 Å². The summed E-state index contributed by atoms with van der Waals surface area (Å²) < 4.78 is 64.8. The number of carboxylic acids is 1. The molecule has 0 saturated heterocycles. The van der Waals surface area contributed by atoms with Crippen molar-refractivity contribution in [2.45, 2.75) is 70.9 Å². The summed E-state index contributed by atoms with van der Waals surface area (Å²) in [4.78, 5) is 26.2. The van der Waals surface area contributed by atoms with Crippen LogP contribution in [0.25, 0.3) is 0 Å². The fraction of sp³-hybridized carbons (Fsp3) is 0.289. The van der Waals surface area contributed by atoms with Gasteiger partial charge < -0.3 is 35.7 Å². The van der Waals surface area contributed by atoms with Crippen LogP contribution >= 0.6 is 7.60 Å². The number of alkyl halides is 3. The summed E-state index contributed by atoms with van der Waals surface area (Å²) in [5.41, 5.74) is 14.7. The van der Waals surface area contributed by atoms with Gasteiger partial charge in [-0.1, -0.05) is 108 Å². The zero-order valence-corrected chi connectivity index (χ0v) is 31.1. The Hall–Kier alpha value is -5.49. The number of nitrogens with zero attached hydrogens (tertiary/aromatic N) is 1. The van der Waals surface area contributed by atoms with Gasteiger partial charge in [0.25, 0.3) is 0 Å². The van der Waals surface area contributed by atoms with Crippen molar-refractivity contribution in [1.29, 1.82) is 0 Å². The van der Waals surface area contributed by atoms with Gasteiger partial charge in [-0.3, -0.25) is 0 Å². The Bertz CT molecular complexity index is 1820. The first-order chi connectivity index (χ1) is 24.6. The summed E-state index contributed by atoms with van der Waals surface area (Å²) in [5.74, 6) is -3.53. The van der Waals surface area contributed by atoms with Crippen molar-refractivity contribution in [2.75, 3.05) is 0 Å². The highest BCUT2D eigenvalue weighted by Gasteiger charge is 2.43. The third kappa shape index (κ3) is 13.2. The molecule has 4 aromatic rings. The smallest absolute Gasteiger partial charge is 0.475 e. The van der Waals surface area contributed by atoms with E-state index in [-0.39, 0.29) is 23.4 Å². The van der Waals surface area contributed by atoms with E-state index in [9.17, 15) is 18.0 Å². The third-order valence-corrected chi connectivity index (χ3v) is 9.39. The molecule has 284 valence electrons. The lowest BCUT2D eigenvalue weighted by atomic mass is 9.87. The van der Waals surface area contributed by atoms with Gasteiger partial charge in [0.2, 0.25) is 0 Å². The number of hydrogen-bond acceptors (Lipinski definition) is 7.